The molecule has 2 aromatic heterocycles. The van der Waals surface area contributed by atoms with Crippen molar-refractivity contribution in [1.29, 1.82) is 0 Å². The van der Waals surface area contributed by atoms with Crippen molar-refractivity contribution >= 4 is 22.5 Å². The van der Waals surface area contributed by atoms with Gasteiger partial charge in [-0.15, -0.1) is 0 Å². The van der Waals surface area contributed by atoms with Gasteiger partial charge in [0.25, 0.3) is 0 Å². The first-order valence-corrected chi connectivity index (χ1v) is 10.1. The van der Waals surface area contributed by atoms with Crippen molar-refractivity contribution in [1.82, 2.24) is 19.9 Å². The molecular weight excluding hydrogens is 374 g/mol. The number of aromatic nitrogens is 3. The fraction of sp³-hybridized carbons (Fsp3) is 0.250. The number of para-hydroxylation sites is 1. The van der Waals surface area contributed by atoms with Crippen LogP contribution in [0.1, 0.15) is 30.0 Å². The fourth-order valence-electron chi connectivity index (χ4n) is 3.78. The van der Waals surface area contributed by atoms with Crippen LogP contribution in [-0.4, -0.2) is 41.1 Å². The Hall–Kier alpha value is -3.54. The number of imidazole rings is 1. The number of carbonyl (C=O) groups excluding carboxylic acids is 1. The smallest absolute Gasteiger partial charge is 0.242 e. The van der Waals surface area contributed by atoms with Crippen molar-refractivity contribution < 1.29 is 4.79 Å². The summed E-state index contributed by atoms with van der Waals surface area (Å²) < 4.78 is 1.81. The number of H-pyrrole nitrogens is 1. The van der Waals surface area contributed by atoms with E-state index in [0.717, 1.165) is 11.2 Å². The maximum atomic E-state index is 12.8. The quantitative estimate of drug-likeness (QED) is 0.493. The minimum Gasteiger partial charge on any atom is -0.378 e. The Bertz CT molecular complexity index is 1110. The SMILES string of the molecule is C[C@H](C(=O)NC[C@@H](c1ccc(N(C)C)cc1)c1c[nH]c2ccccc12)n1ccnc1. The summed E-state index contributed by atoms with van der Waals surface area (Å²) in [5.74, 6) is 0.0130. The minimum atomic E-state index is -0.313. The lowest BCUT2D eigenvalue weighted by atomic mass is 9.90. The van der Waals surface area contributed by atoms with Gasteiger partial charge in [-0.1, -0.05) is 30.3 Å². The summed E-state index contributed by atoms with van der Waals surface area (Å²) in [6, 6.07) is 16.5. The predicted octanol–water partition coefficient (Wildman–Crippen LogP) is 3.94. The van der Waals surface area contributed by atoms with Crippen LogP contribution in [0.5, 0.6) is 0 Å². The van der Waals surface area contributed by atoms with E-state index in [2.05, 4.69) is 62.8 Å². The van der Waals surface area contributed by atoms with Crippen LogP contribution in [0.3, 0.4) is 0 Å². The summed E-state index contributed by atoms with van der Waals surface area (Å²) in [5.41, 5.74) is 4.59. The van der Waals surface area contributed by atoms with Gasteiger partial charge in [0.05, 0.1) is 6.33 Å². The summed E-state index contributed by atoms with van der Waals surface area (Å²) in [7, 11) is 4.06. The van der Waals surface area contributed by atoms with Gasteiger partial charge in [0.2, 0.25) is 5.91 Å². The van der Waals surface area contributed by atoms with Gasteiger partial charge in [0.15, 0.2) is 0 Å². The normalized spacial score (nSPS) is 13.2. The molecule has 0 aliphatic heterocycles. The second kappa shape index (κ2) is 8.45. The Morgan fingerprint density at radius 2 is 1.93 bits per heavy atom. The van der Waals surface area contributed by atoms with Crippen LogP contribution in [0.15, 0.2) is 73.4 Å². The topological polar surface area (TPSA) is 66.0 Å². The molecule has 2 aromatic carbocycles. The minimum absolute atomic E-state index is 0.0252. The fourth-order valence-corrected chi connectivity index (χ4v) is 3.78. The third kappa shape index (κ3) is 3.94. The van der Waals surface area contributed by atoms with Crippen LogP contribution in [0.4, 0.5) is 5.69 Å². The number of nitrogens with one attached hydrogen (secondary N) is 2. The molecule has 0 spiro atoms. The van der Waals surface area contributed by atoms with Gasteiger partial charge in [-0.05, 0) is 36.2 Å². The zero-order valence-electron chi connectivity index (χ0n) is 17.5. The molecule has 4 rings (SSSR count). The highest BCUT2D eigenvalue weighted by atomic mass is 16.2. The molecule has 6 heteroatoms. The summed E-state index contributed by atoms with van der Waals surface area (Å²) in [5, 5.41) is 4.32. The number of hydrogen-bond donors (Lipinski definition) is 2. The Balaban J connectivity index is 1.62. The Labute approximate surface area is 176 Å². The molecule has 2 atom stereocenters. The van der Waals surface area contributed by atoms with E-state index in [1.54, 1.807) is 18.7 Å². The summed E-state index contributed by atoms with van der Waals surface area (Å²) in [6.07, 6.45) is 7.22. The average molecular weight is 402 g/mol. The molecule has 2 heterocycles. The predicted molar refractivity (Wildman–Crippen MR) is 121 cm³/mol. The van der Waals surface area contributed by atoms with E-state index in [1.165, 1.54) is 16.5 Å². The average Bonchev–Trinajstić information content (AvgIpc) is 3.44. The Kier molecular flexibility index (Phi) is 5.57. The second-order valence-electron chi connectivity index (χ2n) is 7.76. The van der Waals surface area contributed by atoms with E-state index in [-0.39, 0.29) is 17.9 Å². The van der Waals surface area contributed by atoms with Gasteiger partial charge in [-0.2, -0.15) is 0 Å². The summed E-state index contributed by atoms with van der Waals surface area (Å²) in [6.45, 7) is 2.39. The van der Waals surface area contributed by atoms with Gasteiger partial charge >= 0.3 is 0 Å². The molecule has 0 radical (unpaired) electrons. The number of hydrogen-bond acceptors (Lipinski definition) is 3. The molecule has 0 fully saturated rings. The monoisotopic (exact) mass is 401 g/mol. The molecular formula is C24H27N5O. The molecule has 4 aromatic rings. The molecule has 0 aliphatic carbocycles. The van der Waals surface area contributed by atoms with Gasteiger partial charge in [-0.3, -0.25) is 4.79 Å². The van der Waals surface area contributed by atoms with Crippen molar-refractivity contribution in [3.8, 4) is 0 Å². The summed E-state index contributed by atoms with van der Waals surface area (Å²) in [4.78, 5) is 22.3. The van der Waals surface area contributed by atoms with E-state index in [0.29, 0.717) is 6.54 Å². The molecule has 0 bridgehead atoms. The van der Waals surface area contributed by atoms with Crippen LogP contribution in [0, 0.1) is 0 Å². The van der Waals surface area contributed by atoms with Crippen LogP contribution < -0.4 is 10.2 Å². The third-order valence-electron chi connectivity index (χ3n) is 5.64. The Morgan fingerprint density at radius 1 is 1.17 bits per heavy atom. The molecule has 0 unspecified atom stereocenters. The van der Waals surface area contributed by atoms with Crippen molar-refractivity contribution in [2.75, 3.05) is 25.5 Å². The zero-order chi connectivity index (χ0) is 21.1. The van der Waals surface area contributed by atoms with Gasteiger partial charge < -0.3 is 19.8 Å². The number of rotatable bonds is 7. The van der Waals surface area contributed by atoms with Crippen molar-refractivity contribution in [3.05, 3.63) is 84.6 Å². The standard InChI is InChI=1S/C24H27N5O/c1-17(29-13-12-25-16-29)24(30)27-14-21(18-8-10-19(11-9-18)28(2)3)22-15-26-23-7-5-4-6-20(22)23/h4-13,15-17,21,26H,14H2,1-3H3,(H,27,30)/t17-,21+/m1/s1. The number of benzene rings is 2. The second-order valence-corrected chi connectivity index (χ2v) is 7.76. The first-order chi connectivity index (χ1) is 14.5. The van der Waals surface area contributed by atoms with Crippen molar-refractivity contribution in [2.24, 2.45) is 0 Å². The number of anilines is 1. The van der Waals surface area contributed by atoms with E-state index in [9.17, 15) is 4.79 Å². The highest BCUT2D eigenvalue weighted by Gasteiger charge is 2.21. The Morgan fingerprint density at radius 3 is 2.63 bits per heavy atom. The highest BCUT2D eigenvalue weighted by molar-refractivity contribution is 5.84. The lowest BCUT2D eigenvalue weighted by Crippen LogP contribution is -2.34. The molecule has 0 saturated heterocycles. The first kappa shape index (κ1) is 19.8. The van der Waals surface area contributed by atoms with Crippen LogP contribution in [0.25, 0.3) is 10.9 Å². The molecule has 2 N–H and O–H groups in total. The van der Waals surface area contributed by atoms with Crippen LogP contribution in [-0.2, 0) is 4.79 Å². The van der Waals surface area contributed by atoms with E-state index in [4.69, 9.17) is 0 Å². The van der Waals surface area contributed by atoms with Crippen molar-refractivity contribution in [2.45, 2.75) is 18.9 Å². The lowest BCUT2D eigenvalue weighted by molar-refractivity contribution is -0.123. The zero-order valence-corrected chi connectivity index (χ0v) is 17.5. The van der Waals surface area contributed by atoms with Gasteiger partial charge in [0.1, 0.15) is 6.04 Å². The number of carbonyl (C=O) groups is 1. The van der Waals surface area contributed by atoms with Crippen LogP contribution in [0.2, 0.25) is 0 Å². The summed E-state index contributed by atoms with van der Waals surface area (Å²) >= 11 is 0. The molecule has 6 nitrogen and oxygen atoms in total. The molecule has 30 heavy (non-hydrogen) atoms. The number of nitrogens with zero attached hydrogens (tertiary/aromatic N) is 3. The van der Waals surface area contributed by atoms with Crippen molar-refractivity contribution in [3.63, 3.8) is 0 Å². The molecule has 0 aliphatic rings. The maximum Gasteiger partial charge on any atom is 0.242 e. The van der Waals surface area contributed by atoms with E-state index in [1.807, 2.05) is 37.7 Å². The van der Waals surface area contributed by atoms with Gasteiger partial charge in [-0.25, -0.2) is 4.98 Å². The number of amides is 1. The first-order valence-electron chi connectivity index (χ1n) is 10.1. The van der Waals surface area contributed by atoms with Crippen LogP contribution >= 0.6 is 0 Å². The largest absolute Gasteiger partial charge is 0.378 e. The third-order valence-corrected chi connectivity index (χ3v) is 5.64. The molecule has 154 valence electrons. The van der Waals surface area contributed by atoms with E-state index < -0.39 is 0 Å². The maximum absolute atomic E-state index is 12.8. The molecule has 1 amide bonds. The van der Waals surface area contributed by atoms with Gasteiger partial charge in [0, 0.05) is 61.7 Å². The van der Waals surface area contributed by atoms with E-state index >= 15 is 0 Å². The lowest BCUT2D eigenvalue weighted by Gasteiger charge is -2.21. The molecule has 0 saturated carbocycles. The highest BCUT2D eigenvalue weighted by Crippen LogP contribution is 2.31. The number of aromatic amines is 1. The number of fused-ring (bicyclic) bond motifs is 1.